The van der Waals surface area contributed by atoms with Crippen molar-refractivity contribution in [3.05, 3.63) is 71.3 Å². The van der Waals surface area contributed by atoms with E-state index in [4.69, 9.17) is 0 Å². The van der Waals surface area contributed by atoms with E-state index in [1.54, 1.807) is 11.1 Å². The molecule has 1 saturated heterocycles. The molecule has 0 radical (unpaired) electrons. The molecule has 1 nitrogen and oxygen atoms in total. The van der Waals surface area contributed by atoms with Gasteiger partial charge >= 0.3 is 0 Å². The molecule has 0 amide bonds. The Balaban J connectivity index is 1.77. The van der Waals surface area contributed by atoms with Crippen molar-refractivity contribution in [2.75, 3.05) is 5.88 Å². The molecule has 3 atom stereocenters. The highest BCUT2D eigenvalue weighted by Gasteiger charge is 2.39. The number of rotatable bonds is 2. The highest BCUT2D eigenvalue weighted by Crippen LogP contribution is 2.51. The fourth-order valence-corrected chi connectivity index (χ4v) is 3.98. The zero-order valence-electron chi connectivity index (χ0n) is 10.8. The lowest BCUT2D eigenvalue weighted by molar-refractivity contribution is 0.350. The number of hydrogen-bond acceptors (Lipinski definition) is 2. The summed E-state index contributed by atoms with van der Waals surface area (Å²) in [6, 6.07) is 20.6. The predicted octanol–water partition coefficient (Wildman–Crippen LogP) is 4.38. The van der Waals surface area contributed by atoms with E-state index in [0.717, 1.165) is 0 Å². The topological polar surface area (TPSA) is 3.01 Å². The maximum absolute atomic E-state index is 2.54. The molecule has 2 aromatic rings. The van der Waals surface area contributed by atoms with Crippen molar-refractivity contribution >= 4 is 11.9 Å². The molecule has 2 aromatic carbocycles. The van der Waals surface area contributed by atoms with Crippen LogP contribution in [0.5, 0.6) is 0 Å². The first-order valence-electron chi connectivity index (χ1n) is 6.96. The number of nitrogens with zero attached hydrogens (tertiary/aromatic N) is 1. The Labute approximate surface area is 118 Å². The van der Waals surface area contributed by atoms with Gasteiger partial charge in [0.25, 0.3) is 0 Å². The molecule has 96 valence electrons. The van der Waals surface area contributed by atoms with Crippen LogP contribution in [0.25, 0.3) is 0 Å². The van der Waals surface area contributed by atoms with Gasteiger partial charge in [-0.25, -0.2) is 4.31 Å². The number of fused-ring (bicyclic) bond motifs is 1. The number of benzene rings is 2. The van der Waals surface area contributed by atoms with Gasteiger partial charge < -0.3 is 0 Å². The standard InChI is InChI=1S/C17H17NS/c1-2-6-13(7-3-1)16-11-10-14-8-4-5-9-15(14)17(16)18-12-19-18/h1-9,16-17H,10-12H2. The van der Waals surface area contributed by atoms with E-state index >= 15 is 0 Å². The minimum atomic E-state index is 0.567. The summed E-state index contributed by atoms with van der Waals surface area (Å²) in [6.45, 7) is 0. The minimum absolute atomic E-state index is 0.567. The molecule has 1 aliphatic heterocycles. The summed E-state index contributed by atoms with van der Waals surface area (Å²) in [5.41, 5.74) is 4.59. The molecule has 0 saturated carbocycles. The zero-order valence-corrected chi connectivity index (χ0v) is 11.6. The molecule has 3 unspecified atom stereocenters. The lowest BCUT2D eigenvalue weighted by atomic mass is 9.76. The van der Waals surface area contributed by atoms with Crippen molar-refractivity contribution in [3.63, 3.8) is 0 Å². The van der Waals surface area contributed by atoms with E-state index in [9.17, 15) is 0 Å². The van der Waals surface area contributed by atoms with E-state index in [2.05, 4.69) is 58.9 Å². The second-order valence-corrected chi connectivity index (χ2v) is 6.36. The monoisotopic (exact) mass is 267 g/mol. The van der Waals surface area contributed by atoms with Gasteiger partial charge in [-0.15, -0.1) is 0 Å². The Hall–Kier alpha value is -1.25. The van der Waals surface area contributed by atoms with Crippen LogP contribution in [-0.2, 0) is 6.42 Å². The summed E-state index contributed by atoms with van der Waals surface area (Å²) < 4.78 is 2.54. The summed E-state index contributed by atoms with van der Waals surface area (Å²) in [5, 5.41) is 0. The smallest absolute Gasteiger partial charge is 0.0702 e. The highest BCUT2D eigenvalue weighted by molar-refractivity contribution is 8.03. The van der Waals surface area contributed by atoms with Gasteiger partial charge in [0.1, 0.15) is 0 Å². The van der Waals surface area contributed by atoms with Crippen molar-refractivity contribution < 1.29 is 0 Å². The van der Waals surface area contributed by atoms with Crippen LogP contribution in [0.4, 0.5) is 0 Å². The fraction of sp³-hybridized carbons (Fsp3) is 0.294. The van der Waals surface area contributed by atoms with Gasteiger partial charge in [0.15, 0.2) is 0 Å². The van der Waals surface area contributed by atoms with Crippen LogP contribution in [0.2, 0.25) is 0 Å². The maximum atomic E-state index is 2.54. The average molecular weight is 267 g/mol. The van der Waals surface area contributed by atoms with Crippen molar-refractivity contribution in [2.45, 2.75) is 24.8 Å². The summed E-state index contributed by atoms with van der Waals surface area (Å²) in [4.78, 5) is 0. The average Bonchev–Trinajstić information content (AvgIpc) is 3.31. The maximum Gasteiger partial charge on any atom is 0.0702 e. The Kier molecular flexibility index (Phi) is 2.86. The van der Waals surface area contributed by atoms with Gasteiger partial charge in [-0.3, -0.25) is 0 Å². The summed E-state index contributed by atoms with van der Waals surface area (Å²) in [6.07, 6.45) is 2.48. The molecule has 1 fully saturated rings. The molecule has 0 spiro atoms. The van der Waals surface area contributed by atoms with Crippen molar-refractivity contribution in [1.29, 1.82) is 0 Å². The van der Waals surface area contributed by atoms with Gasteiger partial charge in [0.2, 0.25) is 0 Å². The molecule has 0 bridgehead atoms. The molecule has 2 aliphatic rings. The van der Waals surface area contributed by atoms with Crippen LogP contribution in [0.15, 0.2) is 54.6 Å². The largest absolute Gasteiger partial charge is 0.230 e. The second kappa shape index (κ2) is 4.69. The van der Waals surface area contributed by atoms with Crippen LogP contribution < -0.4 is 0 Å². The normalized spacial score (nSPS) is 28.7. The number of aryl methyl sites for hydroxylation is 1. The first-order chi connectivity index (χ1) is 9.43. The van der Waals surface area contributed by atoms with Crippen molar-refractivity contribution in [2.24, 2.45) is 0 Å². The van der Waals surface area contributed by atoms with E-state index in [1.165, 1.54) is 24.3 Å². The number of hydrogen-bond donors (Lipinski definition) is 0. The summed E-state index contributed by atoms with van der Waals surface area (Å²) >= 11 is 1.97. The highest BCUT2D eigenvalue weighted by atomic mass is 32.2. The quantitative estimate of drug-likeness (QED) is 0.586. The van der Waals surface area contributed by atoms with Crippen LogP contribution >= 0.6 is 11.9 Å². The van der Waals surface area contributed by atoms with E-state index in [1.807, 2.05) is 11.9 Å². The zero-order chi connectivity index (χ0) is 12.7. The minimum Gasteiger partial charge on any atom is -0.230 e. The van der Waals surface area contributed by atoms with E-state index in [-0.39, 0.29) is 0 Å². The molecule has 1 aliphatic carbocycles. The molecule has 19 heavy (non-hydrogen) atoms. The Morgan fingerprint density at radius 1 is 0.947 bits per heavy atom. The SMILES string of the molecule is c1ccc(C2CCc3ccccc3C2N2CS2)cc1. The van der Waals surface area contributed by atoms with Gasteiger partial charge in [-0.1, -0.05) is 66.5 Å². The van der Waals surface area contributed by atoms with Crippen LogP contribution in [0.1, 0.15) is 35.1 Å². The first kappa shape index (κ1) is 11.6. The first-order valence-corrected chi connectivity index (χ1v) is 7.90. The Morgan fingerprint density at radius 2 is 1.68 bits per heavy atom. The Morgan fingerprint density at radius 3 is 2.47 bits per heavy atom. The van der Waals surface area contributed by atoms with Crippen LogP contribution in [0.3, 0.4) is 0 Å². The third kappa shape index (κ3) is 2.09. The van der Waals surface area contributed by atoms with Gasteiger partial charge in [-0.05, 0) is 29.5 Å². The fourth-order valence-electron chi connectivity index (χ4n) is 3.33. The second-order valence-electron chi connectivity index (χ2n) is 5.37. The molecular weight excluding hydrogens is 250 g/mol. The van der Waals surface area contributed by atoms with Gasteiger partial charge in [0, 0.05) is 5.92 Å². The lowest BCUT2D eigenvalue weighted by Crippen LogP contribution is -2.24. The van der Waals surface area contributed by atoms with E-state index in [0.29, 0.717) is 12.0 Å². The Bertz CT molecular complexity index is 577. The molecule has 1 heterocycles. The van der Waals surface area contributed by atoms with Crippen LogP contribution in [-0.4, -0.2) is 10.2 Å². The molecule has 4 rings (SSSR count). The third-order valence-corrected chi connectivity index (χ3v) is 5.08. The molecule has 0 aromatic heterocycles. The van der Waals surface area contributed by atoms with E-state index < -0.39 is 0 Å². The van der Waals surface area contributed by atoms with Gasteiger partial charge in [-0.2, -0.15) is 0 Å². The third-order valence-electron chi connectivity index (χ3n) is 4.30. The summed E-state index contributed by atoms with van der Waals surface area (Å²) in [5.74, 6) is 1.83. The van der Waals surface area contributed by atoms with Crippen molar-refractivity contribution in [3.8, 4) is 0 Å². The predicted molar refractivity (Wildman–Crippen MR) is 81.0 cm³/mol. The lowest BCUT2D eigenvalue weighted by Gasteiger charge is -2.34. The van der Waals surface area contributed by atoms with Gasteiger partial charge in [0.05, 0.1) is 11.9 Å². The summed E-state index contributed by atoms with van der Waals surface area (Å²) in [7, 11) is 0. The van der Waals surface area contributed by atoms with Crippen LogP contribution in [0, 0.1) is 0 Å². The van der Waals surface area contributed by atoms with Crippen molar-refractivity contribution in [1.82, 2.24) is 4.31 Å². The molecular formula is C17H17NS. The molecule has 2 heteroatoms. The molecule has 0 N–H and O–H groups in total.